The summed E-state index contributed by atoms with van der Waals surface area (Å²) in [7, 11) is 0. The normalized spacial score (nSPS) is 23.3. The quantitative estimate of drug-likeness (QED) is 0.933. The summed E-state index contributed by atoms with van der Waals surface area (Å²) in [5, 5.41) is 2.03. The lowest BCUT2D eigenvalue weighted by atomic mass is 9.88. The molecular weight excluding hydrogens is 280 g/mol. The van der Waals surface area contributed by atoms with Gasteiger partial charge in [-0.1, -0.05) is 13.0 Å². The second kappa shape index (κ2) is 5.81. The highest BCUT2D eigenvalue weighted by molar-refractivity contribution is 7.10. The number of hydrogen-bond acceptors (Lipinski definition) is 3. The van der Waals surface area contributed by atoms with E-state index >= 15 is 0 Å². The van der Waals surface area contributed by atoms with Gasteiger partial charge in [0.05, 0.1) is 5.41 Å². The molecule has 3 nitrogen and oxygen atoms in total. The molecular formula is C14H23ClN2OS. The fraction of sp³-hybridized carbons (Fsp3) is 0.643. The highest BCUT2D eigenvalue weighted by atomic mass is 35.5. The molecule has 1 aliphatic rings. The number of amides is 1. The maximum atomic E-state index is 12.7. The van der Waals surface area contributed by atoms with Crippen LogP contribution in [0.15, 0.2) is 17.5 Å². The summed E-state index contributed by atoms with van der Waals surface area (Å²) in [6, 6.07) is 4.05. The summed E-state index contributed by atoms with van der Waals surface area (Å²) in [6.45, 7) is 8.46. The number of halogens is 1. The van der Waals surface area contributed by atoms with E-state index in [1.54, 1.807) is 11.3 Å². The summed E-state index contributed by atoms with van der Waals surface area (Å²) in [5.74, 6) is 0.224. The Labute approximate surface area is 125 Å². The van der Waals surface area contributed by atoms with Gasteiger partial charge < -0.3 is 10.6 Å². The molecule has 0 aliphatic carbocycles. The molecule has 0 aromatic carbocycles. The van der Waals surface area contributed by atoms with Crippen molar-refractivity contribution in [2.75, 3.05) is 19.6 Å². The van der Waals surface area contributed by atoms with Crippen LogP contribution in [0.2, 0.25) is 0 Å². The van der Waals surface area contributed by atoms with Crippen molar-refractivity contribution in [3.05, 3.63) is 22.4 Å². The van der Waals surface area contributed by atoms with E-state index in [-0.39, 0.29) is 23.7 Å². The van der Waals surface area contributed by atoms with E-state index in [1.807, 2.05) is 36.3 Å². The van der Waals surface area contributed by atoms with E-state index in [0.717, 1.165) is 24.4 Å². The van der Waals surface area contributed by atoms with Gasteiger partial charge in [0.25, 0.3) is 0 Å². The minimum atomic E-state index is -0.423. The molecule has 1 aliphatic heterocycles. The summed E-state index contributed by atoms with van der Waals surface area (Å²) in [4.78, 5) is 15.8. The van der Waals surface area contributed by atoms with Crippen LogP contribution in [0, 0.1) is 5.41 Å². The minimum absolute atomic E-state index is 0. The summed E-state index contributed by atoms with van der Waals surface area (Å²) < 4.78 is 0. The smallest absolute Gasteiger partial charge is 0.233 e. The van der Waals surface area contributed by atoms with Gasteiger partial charge in [0.2, 0.25) is 5.91 Å². The Hall–Kier alpha value is -0.580. The van der Waals surface area contributed by atoms with E-state index in [9.17, 15) is 4.79 Å². The van der Waals surface area contributed by atoms with Gasteiger partial charge in [-0.2, -0.15) is 0 Å². The maximum Gasteiger partial charge on any atom is 0.233 e. The number of nitrogens with two attached hydrogens (primary N) is 1. The molecule has 5 heteroatoms. The van der Waals surface area contributed by atoms with Gasteiger partial charge in [0.15, 0.2) is 0 Å². The summed E-state index contributed by atoms with van der Waals surface area (Å²) >= 11 is 1.65. The van der Waals surface area contributed by atoms with Crippen LogP contribution in [-0.4, -0.2) is 30.4 Å². The first-order valence-electron chi connectivity index (χ1n) is 6.42. The predicted octanol–water partition coefficient (Wildman–Crippen LogP) is 2.64. The molecule has 2 rings (SSSR count). The second-order valence-corrected chi connectivity index (χ2v) is 7.04. The molecule has 108 valence electrons. The van der Waals surface area contributed by atoms with Crippen LogP contribution in [0.3, 0.4) is 0 Å². The third-order valence-electron chi connectivity index (χ3n) is 4.01. The number of carbonyl (C=O) groups excluding carboxylic acids is 1. The second-order valence-electron chi connectivity index (χ2n) is 6.09. The fourth-order valence-electron chi connectivity index (χ4n) is 2.50. The topological polar surface area (TPSA) is 46.3 Å². The summed E-state index contributed by atoms with van der Waals surface area (Å²) in [5.41, 5.74) is 5.47. The molecule has 2 N–H and O–H groups in total. The minimum Gasteiger partial charge on any atom is -0.341 e. The number of nitrogens with zero attached hydrogens (tertiary/aromatic N) is 1. The standard InChI is InChI=1S/C14H22N2OS.ClH/c1-13(2,11-5-4-8-18-11)12(17)16-7-6-14(3,9-15)10-16;/h4-5,8H,6-7,9-10,15H2,1-3H3;1H. The maximum absolute atomic E-state index is 12.7. The zero-order chi connectivity index (χ0) is 13.4. The zero-order valence-corrected chi connectivity index (χ0v) is 13.4. The molecule has 0 radical (unpaired) electrons. The van der Waals surface area contributed by atoms with E-state index < -0.39 is 5.41 Å². The Kier molecular flexibility index (Phi) is 5.04. The highest BCUT2D eigenvalue weighted by Crippen LogP contribution is 2.34. The molecule has 0 spiro atoms. The van der Waals surface area contributed by atoms with Crippen LogP contribution in [0.5, 0.6) is 0 Å². The first-order chi connectivity index (χ1) is 8.39. The number of hydrogen-bond donors (Lipinski definition) is 1. The Bertz CT molecular complexity index is 433. The number of likely N-dealkylation sites (tertiary alicyclic amines) is 1. The molecule has 0 saturated carbocycles. The van der Waals surface area contributed by atoms with Crippen molar-refractivity contribution in [2.24, 2.45) is 11.1 Å². The number of thiophene rings is 1. The van der Waals surface area contributed by atoms with Gasteiger partial charge in [0, 0.05) is 18.0 Å². The Morgan fingerprint density at radius 3 is 2.74 bits per heavy atom. The van der Waals surface area contributed by atoms with E-state index in [4.69, 9.17) is 5.73 Å². The molecule has 1 atom stereocenters. The first-order valence-corrected chi connectivity index (χ1v) is 7.30. The fourth-order valence-corrected chi connectivity index (χ4v) is 3.34. The van der Waals surface area contributed by atoms with Crippen molar-refractivity contribution >= 4 is 29.7 Å². The molecule has 1 saturated heterocycles. The molecule has 1 aromatic rings. The van der Waals surface area contributed by atoms with Crippen molar-refractivity contribution in [3.63, 3.8) is 0 Å². The molecule has 19 heavy (non-hydrogen) atoms. The van der Waals surface area contributed by atoms with Crippen molar-refractivity contribution in [2.45, 2.75) is 32.6 Å². The van der Waals surface area contributed by atoms with Crippen molar-refractivity contribution < 1.29 is 4.79 Å². The van der Waals surface area contributed by atoms with Gasteiger partial charge in [-0.05, 0) is 43.7 Å². The third kappa shape index (κ3) is 3.12. The Balaban J connectivity index is 0.00000180. The molecule has 1 unspecified atom stereocenters. The number of rotatable bonds is 3. The monoisotopic (exact) mass is 302 g/mol. The molecule has 2 heterocycles. The lowest BCUT2D eigenvalue weighted by Crippen LogP contribution is -2.43. The van der Waals surface area contributed by atoms with E-state index in [2.05, 4.69) is 6.92 Å². The number of carbonyl (C=O) groups is 1. The van der Waals surface area contributed by atoms with Gasteiger partial charge in [-0.25, -0.2) is 0 Å². The van der Waals surface area contributed by atoms with Gasteiger partial charge in [-0.3, -0.25) is 4.79 Å². The van der Waals surface area contributed by atoms with E-state index in [0.29, 0.717) is 6.54 Å². The third-order valence-corrected chi connectivity index (χ3v) is 5.20. The Morgan fingerprint density at radius 1 is 1.58 bits per heavy atom. The SMILES string of the molecule is CC1(CN)CCN(C(=O)C(C)(C)c2cccs2)C1.Cl. The van der Waals surface area contributed by atoms with Gasteiger partial charge in [0.1, 0.15) is 0 Å². The predicted molar refractivity (Wildman–Crippen MR) is 83.0 cm³/mol. The van der Waals surface area contributed by atoms with E-state index in [1.165, 1.54) is 0 Å². The first kappa shape index (κ1) is 16.5. The lowest BCUT2D eigenvalue weighted by molar-refractivity contribution is -0.135. The van der Waals surface area contributed by atoms with Crippen LogP contribution in [0.1, 0.15) is 32.1 Å². The largest absolute Gasteiger partial charge is 0.341 e. The summed E-state index contributed by atoms with van der Waals surface area (Å²) in [6.07, 6.45) is 1.01. The highest BCUT2D eigenvalue weighted by Gasteiger charge is 2.41. The molecule has 1 amide bonds. The van der Waals surface area contributed by atoms with Gasteiger partial charge >= 0.3 is 0 Å². The van der Waals surface area contributed by atoms with Crippen molar-refractivity contribution in [1.29, 1.82) is 0 Å². The lowest BCUT2D eigenvalue weighted by Gasteiger charge is -2.30. The van der Waals surface area contributed by atoms with Crippen LogP contribution >= 0.6 is 23.7 Å². The van der Waals surface area contributed by atoms with Crippen molar-refractivity contribution in [3.8, 4) is 0 Å². The van der Waals surface area contributed by atoms with Crippen molar-refractivity contribution in [1.82, 2.24) is 4.90 Å². The average Bonchev–Trinajstić information content (AvgIpc) is 2.97. The average molecular weight is 303 g/mol. The van der Waals surface area contributed by atoms with Crippen LogP contribution in [0.4, 0.5) is 0 Å². The van der Waals surface area contributed by atoms with Crippen LogP contribution in [0.25, 0.3) is 0 Å². The van der Waals surface area contributed by atoms with Crippen LogP contribution < -0.4 is 5.73 Å². The molecule has 1 fully saturated rings. The molecule has 0 bridgehead atoms. The van der Waals surface area contributed by atoms with Crippen LogP contribution in [-0.2, 0) is 10.2 Å². The Morgan fingerprint density at radius 2 is 2.26 bits per heavy atom. The zero-order valence-electron chi connectivity index (χ0n) is 11.8. The molecule has 1 aromatic heterocycles. The van der Waals surface area contributed by atoms with Gasteiger partial charge in [-0.15, -0.1) is 23.7 Å².